The van der Waals surface area contributed by atoms with Gasteiger partial charge in [0, 0.05) is 6.54 Å². The molecule has 0 unspecified atom stereocenters. The molecule has 0 bridgehead atoms. The normalized spacial score (nSPS) is 10.1. The number of anilines is 4. The Hall–Kier alpha value is -3.94. The van der Waals surface area contributed by atoms with Crippen LogP contribution in [0.1, 0.15) is 0 Å². The Morgan fingerprint density at radius 1 is 1.00 bits per heavy atom. The van der Waals surface area contributed by atoms with Gasteiger partial charge in [0.15, 0.2) is 0 Å². The van der Waals surface area contributed by atoms with E-state index in [9.17, 15) is 10.1 Å². The summed E-state index contributed by atoms with van der Waals surface area (Å²) in [7, 11) is 0. The summed E-state index contributed by atoms with van der Waals surface area (Å²) in [6.45, 7) is 3.95. The molecule has 0 aliphatic rings. The van der Waals surface area contributed by atoms with Crippen molar-refractivity contribution in [1.82, 2.24) is 9.97 Å². The maximum absolute atomic E-state index is 11.7. The number of aromatic nitrogens is 2. The lowest BCUT2D eigenvalue weighted by atomic mass is 10.2. The van der Waals surface area contributed by atoms with E-state index in [4.69, 9.17) is 0 Å². The molecule has 8 heteroatoms. The van der Waals surface area contributed by atoms with Gasteiger partial charge in [-0.2, -0.15) is 0 Å². The number of hydrazine groups is 1. The first-order valence-electron chi connectivity index (χ1n) is 8.21. The van der Waals surface area contributed by atoms with Crippen molar-refractivity contribution in [3.63, 3.8) is 0 Å². The highest BCUT2D eigenvalue weighted by atomic mass is 16.6. The average Bonchev–Trinajstić information content (AvgIpc) is 2.71. The molecule has 3 aromatic rings. The fourth-order valence-corrected chi connectivity index (χ4v) is 2.47. The summed E-state index contributed by atoms with van der Waals surface area (Å²) in [5.41, 5.74) is 4.42. The number of benzene rings is 2. The zero-order valence-corrected chi connectivity index (χ0v) is 14.4. The molecule has 2 aromatic carbocycles. The van der Waals surface area contributed by atoms with Gasteiger partial charge in [0.2, 0.25) is 11.6 Å². The van der Waals surface area contributed by atoms with Gasteiger partial charge in [0.25, 0.3) is 0 Å². The molecule has 8 nitrogen and oxygen atoms in total. The van der Waals surface area contributed by atoms with E-state index >= 15 is 0 Å². The summed E-state index contributed by atoms with van der Waals surface area (Å²) in [5, 5.41) is 16.3. The summed E-state index contributed by atoms with van der Waals surface area (Å²) in [6.07, 6.45) is 2.87. The predicted octanol–water partition coefficient (Wildman–Crippen LogP) is 4.15. The fraction of sp³-hybridized carbons (Fsp3) is 0.0526. The number of nitro groups is 1. The Morgan fingerprint density at radius 2 is 1.56 bits per heavy atom. The fourth-order valence-electron chi connectivity index (χ4n) is 2.47. The van der Waals surface area contributed by atoms with E-state index in [1.165, 1.54) is 6.33 Å². The molecular weight excluding hydrogens is 344 g/mol. The molecule has 0 aliphatic carbocycles. The zero-order chi connectivity index (χ0) is 19.1. The van der Waals surface area contributed by atoms with Crippen molar-refractivity contribution >= 4 is 28.7 Å². The van der Waals surface area contributed by atoms with E-state index < -0.39 is 4.92 Å². The van der Waals surface area contributed by atoms with E-state index in [1.807, 2.05) is 60.7 Å². The molecule has 1 aromatic heterocycles. The van der Waals surface area contributed by atoms with Crippen LogP contribution in [0.25, 0.3) is 0 Å². The largest absolute Gasteiger partial charge is 0.361 e. The van der Waals surface area contributed by atoms with Gasteiger partial charge in [0.1, 0.15) is 6.33 Å². The third-order valence-electron chi connectivity index (χ3n) is 3.67. The summed E-state index contributed by atoms with van der Waals surface area (Å²) < 4.78 is 0. The van der Waals surface area contributed by atoms with Gasteiger partial charge in [-0.15, -0.1) is 6.58 Å². The lowest BCUT2D eigenvalue weighted by molar-refractivity contribution is -0.383. The Morgan fingerprint density at radius 3 is 2.07 bits per heavy atom. The standard InChI is InChI=1S/C19H18N6O2/c1-2-13-20-18-17(25(26)27)19(22-14-21-18)23-24(15-9-5-3-6-10-15)16-11-7-4-8-12-16/h2-12,14H,1,13H2,(H2,20,21,22,23). The van der Waals surface area contributed by atoms with Gasteiger partial charge < -0.3 is 5.32 Å². The van der Waals surface area contributed by atoms with Crippen LogP contribution in [0, 0.1) is 10.1 Å². The van der Waals surface area contributed by atoms with E-state index in [0.29, 0.717) is 6.54 Å². The van der Waals surface area contributed by atoms with Gasteiger partial charge in [-0.25, -0.2) is 9.97 Å². The predicted molar refractivity (Wildman–Crippen MR) is 106 cm³/mol. The van der Waals surface area contributed by atoms with Crippen LogP contribution in [-0.2, 0) is 0 Å². The van der Waals surface area contributed by atoms with Crippen LogP contribution in [0.15, 0.2) is 79.6 Å². The van der Waals surface area contributed by atoms with Crippen LogP contribution in [0.3, 0.4) is 0 Å². The minimum absolute atomic E-state index is 0.0780. The molecule has 0 aliphatic heterocycles. The summed E-state index contributed by atoms with van der Waals surface area (Å²) >= 11 is 0. The number of rotatable bonds is 8. The summed E-state index contributed by atoms with van der Waals surface area (Å²) in [5.74, 6) is 0.202. The zero-order valence-electron chi connectivity index (χ0n) is 14.4. The average molecular weight is 362 g/mol. The first-order valence-corrected chi connectivity index (χ1v) is 8.21. The van der Waals surface area contributed by atoms with Crippen molar-refractivity contribution in [2.75, 3.05) is 22.3 Å². The first kappa shape index (κ1) is 17.9. The highest BCUT2D eigenvalue weighted by molar-refractivity contribution is 5.74. The number of nitrogens with one attached hydrogen (secondary N) is 2. The summed E-state index contributed by atoms with van der Waals surface area (Å²) in [6, 6.07) is 18.9. The van der Waals surface area contributed by atoms with Crippen molar-refractivity contribution in [2.45, 2.75) is 0 Å². The molecule has 136 valence electrons. The van der Waals surface area contributed by atoms with Crippen LogP contribution in [-0.4, -0.2) is 21.4 Å². The van der Waals surface area contributed by atoms with E-state index in [0.717, 1.165) is 11.4 Å². The van der Waals surface area contributed by atoms with Crippen LogP contribution in [0.4, 0.5) is 28.7 Å². The van der Waals surface area contributed by atoms with Gasteiger partial charge in [-0.1, -0.05) is 42.5 Å². The molecule has 3 rings (SSSR count). The Bertz CT molecular complexity index is 878. The molecule has 2 N–H and O–H groups in total. The Labute approximate surface area is 156 Å². The highest BCUT2D eigenvalue weighted by Crippen LogP contribution is 2.32. The Balaban J connectivity index is 2.04. The molecule has 0 saturated heterocycles. The molecule has 27 heavy (non-hydrogen) atoms. The maximum atomic E-state index is 11.7. The minimum atomic E-state index is -0.512. The molecule has 0 spiro atoms. The second-order valence-corrected chi connectivity index (χ2v) is 5.46. The molecule has 0 radical (unpaired) electrons. The maximum Gasteiger partial charge on any atom is 0.354 e. The number of para-hydroxylation sites is 2. The number of hydrogen-bond acceptors (Lipinski definition) is 7. The van der Waals surface area contributed by atoms with Crippen molar-refractivity contribution in [2.24, 2.45) is 0 Å². The molecule has 0 amide bonds. The monoisotopic (exact) mass is 362 g/mol. The SMILES string of the molecule is C=CCNc1ncnc(NN(c2ccccc2)c2ccccc2)c1[N+](=O)[O-]. The Kier molecular flexibility index (Phi) is 5.58. The van der Waals surface area contributed by atoms with Crippen LogP contribution in [0.5, 0.6) is 0 Å². The highest BCUT2D eigenvalue weighted by Gasteiger charge is 2.24. The quantitative estimate of drug-likeness (QED) is 0.353. The van der Waals surface area contributed by atoms with E-state index in [1.54, 1.807) is 11.1 Å². The minimum Gasteiger partial charge on any atom is -0.361 e. The van der Waals surface area contributed by atoms with Gasteiger partial charge in [-0.05, 0) is 24.3 Å². The number of hydrogen-bond donors (Lipinski definition) is 2. The molecule has 1 heterocycles. The molecule has 0 fully saturated rings. The van der Waals surface area contributed by atoms with Crippen LogP contribution < -0.4 is 15.8 Å². The van der Waals surface area contributed by atoms with Crippen LogP contribution in [0.2, 0.25) is 0 Å². The topological polar surface area (TPSA) is 96.2 Å². The third-order valence-corrected chi connectivity index (χ3v) is 3.67. The van der Waals surface area contributed by atoms with E-state index in [2.05, 4.69) is 27.3 Å². The smallest absolute Gasteiger partial charge is 0.354 e. The van der Waals surface area contributed by atoms with Crippen LogP contribution >= 0.6 is 0 Å². The third kappa shape index (κ3) is 4.18. The van der Waals surface area contributed by atoms with Crippen molar-refractivity contribution < 1.29 is 4.92 Å². The van der Waals surface area contributed by atoms with Gasteiger partial charge in [-0.3, -0.25) is 20.5 Å². The summed E-state index contributed by atoms with van der Waals surface area (Å²) in [4.78, 5) is 19.2. The van der Waals surface area contributed by atoms with Crippen molar-refractivity contribution in [1.29, 1.82) is 0 Å². The van der Waals surface area contributed by atoms with Crippen molar-refractivity contribution in [3.05, 3.63) is 89.8 Å². The second-order valence-electron chi connectivity index (χ2n) is 5.46. The lowest BCUT2D eigenvalue weighted by Gasteiger charge is -2.26. The van der Waals surface area contributed by atoms with Gasteiger partial charge >= 0.3 is 5.69 Å². The molecule has 0 atom stereocenters. The second kappa shape index (κ2) is 8.43. The van der Waals surface area contributed by atoms with Gasteiger partial charge in [0.05, 0.1) is 16.3 Å². The molecule has 0 saturated carbocycles. The lowest BCUT2D eigenvalue weighted by Crippen LogP contribution is -2.26. The van der Waals surface area contributed by atoms with E-state index in [-0.39, 0.29) is 17.3 Å². The number of nitrogens with zero attached hydrogens (tertiary/aromatic N) is 4. The van der Waals surface area contributed by atoms with Crippen molar-refractivity contribution in [3.8, 4) is 0 Å². The molecular formula is C19H18N6O2. The first-order chi connectivity index (χ1) is 13.2.